The molecular weight excluding hydrogens is 218 g/mol. The van der Waals surface area contributed by atoms with Gasteiger partial charge >= 0.3 is 0 Å². The van der Waals surface area contributed by atoms with Crippen molar-refractivity contribution in [3.63, 3.8) is 0 Å². The standard InChI is InChI=1S/C12H19N3O2/c13-12(15-16)7-9-14-8-4-10-17-11-5-2-1-3-6-11/h1-3,5-6,14,16H,4,7-10H2,(H2,13,15). The maximum atomic E-state index is 8.32. The average Bonchev–Trinajstić information content (AvgIpc) is 2.38. The number of hydrogen-bond donors (Lipinski definition) is 3. The van der Waals surface area contributed by atoms with Crippen LogP contribution in [0, 0.1) is 0 Å². The molecule has 1 aromatic rings. The molecule has 0 aliphatic carbocycles. The summed E-state index contributed by atoms with van der Waals surface area (Å²) < 4.78 is 5.53. The van der Waals surface area contributed by atoms with E-state index in [1.807, 2.05) is 30.3 Å². The Bertz CT molecular complexity index is 328. The Morgan fingerprint density at radius 3 is 2.76 bits per heavy atom. The van der Waals surface area contributed by atoms with Crippen LogP contribution in [0.5, 0.6) is 5.75 Å². The number of ether oxygens (including phenoxy) is 1. The molecule has 0 heterocycles. The highest BCUT2D eigenvalue weighted by Crippen LogP contribution is 2.07. The summed E-state index contributed by atoms with van der Waals surface area (Å²) in [6, 6.07) is 9.73. The lowest BCUT2D eigenvalue weighted by Gasteiger charge is -2.06. The summed E-state index contributed by atoms with van der Waals surface area (Å²) in [4.78, 5) is 0. The van der Waals surface area contributed by atoms with Crippen molar-refractivity contribution in [3.05, 3.63) is 30.3 Å². The molecule has 0 aliphatic heterocycles. The zero-order valence-corrected chi connectivity index (χ0v) is 9.80. The largest absolute Gasteiger partial charge is 0.494 e. The van der Waals surface area contributed by atoms with Crippen molar-refractivity contribution in [2.75, 3.05) is 19.7 Å². The molecule has 0 bridgehead atoms. The van der Waals surface area contributed by atoms with Gasteiger partial charge in [-0.2, -0.15) is 0 Å². The first kappa shape index (κ1) is 13.3. The fourth-order valence-electron chi connectivity index (χ4n) is 1.30. The molecule has 0 fully saturated rings. The summed E-state index contributed by atoms with van der Waals surface area (Å²) in [5.74, 6) is 1.14. The number of nitrogens with zero attached hydrogens (tertiary/aromatic N) is 1. The molecule has 0 spiro atoms. The summed E-state index contributed by atoms with van der Waals surface area (Å²) >= 11 is 0. The Morgan fingerprint density at radius 1 is 1.29 bits per heavy atom. The number of oxime groups is 1. The Hall–Kier alpha value is -1.75. The van der Waals surface area contributed by atoms with E-state index in [0.717, 1.165) is 18.7 Å². The molecule has 0 saturated carbocycles. The second kappa shape index (κ2) is 8.41. The smallest absolute Gasteiger partial charge is 0.140 e. The molecule has 0 radical (unpaired) electrons. The number of hydrogen-bond acceptors (Lipinski definition) is 4. The van der Waals surface area contributed by atoms with Gasteiger partial charge in [-0.15, -0.1) is 0 Å². The van der Waals surface area contributed by atoms with E-state index in [4.69, 9.17) is 15.7 Å². The van der Waals surface area contributed by atoms with Crippen LogP contribution in [0.4, 0.5) is 0 Å². The summed E-state index contributed by atoms with van der Waals surface area (Å²) in [5, 5.41) is 14.4. The molecule has 5 heteroatoms. The average molecular weight is 237 g/mol. The first-order valence-corrected chi connectivity index (χ1v) is 5.68. The van der Waals surface area contributed by atoms with Crippen molar-refractivity contribution in [3.8, 4) is 5.75 Å². The molecule has 5 nitrogen and oxygen atoms in total. The van der Waals surface area contributed by atoms with Crippen LogP contribution in [0.2, 0.25) is 0 Å². The second-order valence-corrected chi connectivity index (χ2v) is 3.61. The third-order valence-corrected chi connectivity index (χ3v) is 2.20. The topological polar surface area (TPSA) is 79.9 Å². The van der Waals surface area contributed by atoms with Gasteiger partial charge in [0.25, 0.3) is 0 Å². The van der Waals surface area contributed by atoms with E-state index in [1.165, 1.54) is 0 Å². The molecule has 0 aromatic heterocycles. The highest BCUT2D eigenvalue weighted by molar-refractivity contribution is 5.79. The van der Waals surface area contributed by atoms with Crippen LogP contribution in [-0.4, -0.2) is 30.7 Å². The van der Waals surface area contributed by atoms with Crippen molar-refractivity contribution in [1.82, 2.24) is 5.32 Å². The summed E-state index contributed by atoms with van der Waals surface area (Å²) in [7, 11) is 0. The Balaban J connectivity index is 1.95. The second-order valence-electron chi connectivity index (χ2n) is 3.61. The highest BCUT2D eigenvalue weighted by atomic mass is 16.5. The highest BCUT2D eigenvalue weighted by Gasteiger charge is 1.94. The zero-order chi connectivity index (χ0) is 12.3. The molecule has 94 valence electrons. The van der Waals surface area contributed by atoms with Crippen LogP contribution in [0.15, 0.2) is 35.5 Å². The van der Waals surface area contributed by atoms with Gasteiger partial charge in [-0.3, -0.25) is 0 Å². The van der Waals surface area contributed by atoms with Crippen molar-refractivity contribution in [2.24, 2.45) is 10.9 Å². The molecule has 0 aliphatic rings. The molecule has 0 amide bonds. The van der Waals surface area contributed by atoms with Gasteiger partial charge in [-0.1, -0.05) is 23.4 Å². The van der Waals surface area contributed by atoms with Crippen molar-refractivity contribution in [2.45, 2.75) is 12.8 Å². The van der Waals surface area contributed by atoms with E-state index in [9.17, 15) is 0 Å². The van der Waals surface area contributed by atoms with E-state index < -0.39 is 0 Å². The fraction of sp³-hybridized carbons (Fsp3) is 0.417. The number of para-hydroxylation sites is 1. The first-order chi connectivity index (χ1) is 8.33. The number of rotatable bonds is 8. The van der Waals surface area contributed by atoms with Crippen molar-refractivity contribution >= 4 is 5.84 Å². The minimum absolute atomic E-state index is 0.248. The monoisotopic (exact) mass is 237 g/mol. The van der Waals surface area contributed by atoms with Gasteiger partial charge in [0, 0.05) is 13.0 Å². The maximum absolute atomic E-state index is 8.32. The van der Waals surface area contributed by atoms with Crippen LogP contribution in [0.25, 0.3) is 0 Å². The van der Waals surface area contributed by atoms with E-state index in [2.05, 4.69) is 10.5 Å². The summed E-state index contributed by atoms with van der Waals surface area (Å²) in [5.41, 5.74) is 5.33. The molecular formula is C12H19N3O2. The molecule has 0 saturated heterocycles. The third-order valence-electron chi connectivity index (χ3n) is 2.20. The van der Waals surface area contributed by atoms with E-state index in [0.29, 0.717) is 19.6 Å². The summed E-state index contributed by atoms with van der Waals surface area (Å²) in [6.45, 7) is 2.24. The van der Waals surface area contributed by atoms with Gasteiger partial charge in [0.1, 0.15) is 11.6 Å². The lowest BCUT2D eigenvalue weighted by atomic mass is 10.3. The predicted octanol–water partition coefficient (Wildman–Crippen LogP) is 1.18. The van der Waals surface area contributed by atoms with Crippen LogP contribution in [-0.2, 0) is 0 Å². The zero-order valence-electron chi connectivity index (χ0n) is 9.80. The molecule has 1 rings (SSSR count). The number of nitrogens with one attached hydrogen (secondary N) is 1. The molecule has 4 N–H and O–H groups in total. The lowest BCUT2D eigenvalue weighted by Crippen LogP contribution is -2.24. The Morgan fingerprint density at radius 2 is 2.06 bits per heavy atom. The molecule has 0 atom stereocenters. The third kappa shape index (κ3) is 6.42. The van der Waals surface area contributed by atoms with Gasteiger partial charge in [0.2, 0.25) is 0 Å². The maximum Gasteiger partial charge on any atom is 0.140 e. The predicted molar refractivity (Wildman–Crippen MR) is 67.4 cm³/mol. The summed E-state index contributed by atoms with van der Waals surface area (Å²) in [6.07, 6.45) is 1.47. The lowest BCUT2D eigenvalue weighted by molar-refractivity contribution is 0.308. The molecule has 1 aromatic carbocycles. The van der Waals surface area contributed by atoms with E-state index >= 15 is 0 Å². The first-order valence-electron chi connectivity index (χ1n) is 5.68. The number of amidine groups is 1. The van der Waals surface area contributed by atoms with E-state index in [1.54, 1.807) is 0 Å². The molecule has 17 heavy (non-hydrogen) atoms. The van der Waals surface area contributed by atoms with Gasteiger partial charge in [0.15, 0.2) is 0 Å². The molecule has 0 unspecified atom stereocenters. The minimum atomic E-state index is 0.248. The van der Waals surface area contributed by atoms with Gasteiger partial charge in [0.05, 0.1) is 6.61 Å². The van der Waals surface area contributed by atoms with Gasteiger partial charge in [-0.25, -0.2) is 0 Å². The number of benzene rings is 1. The van der Waals surface area contributed by atoms with Gasteiger partial charge < -0.3 is 21.0 Å². The van der Waals surface area contributed by atoms with Crippen molar-refractivity contribution < 1.29 is 9.94 Å². The van der Waals surface area contributed by atoms with Crippen LogP contribution < -0.4 is 15.8 Å². The fourth-order valence-corrected chi connectivity index (χ4v) is 1.30. The van der Waals surface area contributed by atoms with Crippen LogP contribution in [0.3, 0.4) is 0 Å². The SMILES string of the molecule is NC(CCNCCCOc1ccccc1)=NO. The Labute approximate surface area is 101 Å². The van der Waals surface area contributed by atoms with E-state index in [-0.39, 0.29) is 5.84 Å². The van der Waals surface area contributed by atoms with Crippen LogP contribution in [0.1, 0.15) is 12.8 Å². The van der Waals surface area contributed by atoms with Crippen LogP contribution >= 0.6 is 0 Å². The minimum Gasteiger partial charge on any atom is -0.494 e. The normalized spacial score (nSPS) is 11.4. The quantitative estimate of drug-likeness (QED) is 0.208. The Kier molecular flexibility index (Phi) is 6.59. The van der Waals surface area contributed by atoms with Crippen molar-refractivity contribution in [1.29, 1.82) is 0 Å². The van der Waals surface area contributed by atoms with Gasteiger partial charge in [-0.05, 0) is 25.1 Å². The number of nitrogens with two attached hydrogens (primary N) is 1.